The maximum absolute atomic E-state index is 13.0. The van der Waals surface area contributed by atoms with Gasteiger partial charge in [-0.3, -0.25) is 0 Å². The number of hydrogen-bond donors (Lipinski definition) is 3. The zero-order valence-corrected chi connectivity index (χ0v) is 26.6. The Morgan fingerprint density at radius 1 is 0.795 bits per heavy atom. The Balaban J connectivity index is 0.000000154. The number of rotatable bonds is 3. The number of nitrogens with one attached hydrogen (secondary N) is 1. The Bertz CT molecular complexity index is 1020. The lowest BCUT2D eigenvalue weighted by atomic mass is 10.0. The lowest BCUT2D eigenvalue weighted by Gasteiger charge is -2.44. The van der Waals surface area contributed by atoms with Crippen molar-refractivity contribution in [3.63, 3.8) is 0 Å². The first-order chi connectivity index (χ1) is 18.7. The maximum Gasteiger partial charge on any atom is 0.215 e. The van der Waals surface area contributed by atoms with Crippen molar-refractivity contribution in [3.8, 4) is 0 Å². The maximum atomic E-state index is 13.0. The first kappa shape index (κ1) is 30.8. The molecule has 2 aromatic heterocycles. The van der Waals surface area contributed by atoms with E-state index in [2.05, 4.69) is 54.8 Å². The Morgan fingerprint density at radius 2 is 1.28 bits per heavy atom. The molecule has 0 radical (unpaired) electrons. The summed E-state index contributed by atoms with van der Waals surface area (Å²) in [6.07, 6.45) is -0.552. The highest BCUT2D eigenvalue weighted by Gasteiger charge is 2.36. The van der Waals surface area contributed by atoms with Gasteiger partial charge in [0, 0.05) is 52.5 Å². The number of aliphatic hydroxyl groups excluding tert-OH is 2. The average Bonchev–Trinajstić information content (AvgIpc) is 2.95. The molecule has 0 aliphatic carbocycles. The number of aliphatic hydroxyl groups is 2. The van der Waals surface area contributed by atoms with Crippen LogP contribution in [0.4, 0.5) is 21.8 Å². The molecule has 0 bridgehead atoms. The molecule has 4 aliphatic rings. The summed E-state index contributed by atoms with van der Waals surface area (Å²) in [6.45, 7) is 12.3. The number of aromatic nitrogens is 2. The number of pyridine rings is 2. The van der Waals surface area contributed by atoms with Crippen molar-refractivity contribution in [3.05, 3.63) is 37.4 Å². The fourth-order valence-corrected chi connectivity index (χ4v) is 5.56. The van der Waals surface area contributed by atoms with Crippen LogP contribution in [0.5, 0.6) is 0 Å². The average molecular weight is 770 g/mol. The molecule has 0 spiro atoms. The van der Waals surface area contributed by atoms with Crippen LogP contribution < -0.4 is 20.0 Å². The third-order valence-electron chi connectivity index (χ3n) is 7.14. The van der Waals surface area contributed by atoms with Crippen LogP contribution in [-0.4, -0.2) is 110 Å². The Labute approximate surface area is 256 Å². The minimum absolute atomic E-state index is 0.0279. The third kappa shape index (κ3) is 8.45. The van der Waals surface area contributed by atoms with E-state index in [0.717, 1.165) is 67.8 Å². The first-order valence-corrected chi connectivity index (χ1v) is 15.4. The number of ether oxygens (including phenoxy) is 2. The van der Waals surface area contributed by atoms with E-state index in [9.17, 15) is 14.6 Å². The van der Waals surface area contributed by atoms with Crippen LogP contribution in [0.2, 0.25) is 0 Å². The van der Waals surface area contributed by atoms with Crippen LogP contribution in [-0.2, 0) is 9.47 Å². The highest BCUT2D eigenvalue weighted by Crippen LogP contribution is 2.29. The molecule has 3 N–H and O–H groups in total. The molecule has 4 atom stereocenters. The number of β-amino-alcohol motifs (C(OH)–C–C–N with tert-alkyl or cyclic N) is 2. The van der Waals surface area contributed by atoms with E-state index < -0.39 is 5.95 Å². The minimum Gasteiger partial charge on any atom is -0.389 e. The Kier molecular flexibility index (Phi) is 11.6. The summed E-state index contributed by atoms with van der Waals surface area (Å²) >= 11 is 4.37. The van der Waals surface area contributed by atoms with E-state index in [4.69, 9.17) is 14.5 Å². The van der Waals surface area contributed by atoms with Crippen molar-refractivity contribution in [2.24, 2.45) is 0 Å². The molecule has 6 rings (SSSR count). The molecule has 0 amide bonds. The van der Waals surface area contributed by atoms with Crippen molar-refractivity contribution >= 4 is 62.6 Å². The molecule has 0 saturated carbocycles. The fraction of sp³-hybridized carbons (Fsp3) is 0.615. The van der Waals surface area contributed by atoms with E-state index in [0.29, 0.717) is 18.9 Å². The second-order valence-electron chi connectivity index (χ2n) is 9.85. The van der Waals surface area contributed by atoms with Gasteiger partial charge >= 0.3 is 0 Å². The van der Waals surface area contributed by atoms with Gasteiger partial charge in [-0.15, -0.1) is 0 Å². The zero-order valence-electron chi connectivity index (χ0n) is 22.3. The first-order valence-electron chi connectivity index (χ1n) is 13.2. The van der Waals surface area contributed by atoms with Crippen LogP contribution >= 0.6 is 45.2 Å². The molecule has 4 aliphatic heterocycles. The van der Waals surface area contributed by atoms with Gasteiger partial charge in [0.2, 0.25) is 5.95 Å². The molecular formula is C26H37FI2N6O4. The van der Waals surface area contributed by atoms with E-state index in [1.807, 2.05) is 47.4 Å². The molecule has 10 nitrogen and oxygen atoms in total. The molecule has 4 fully saturated rings. The Hall–Kier alpha value is -1.11. The number of morpholine rings is 2. The molecule has 216 valence electrons. The molecule has 4 saturated heterocycles. The second-order valence-corrected chi connectivity index (χ2v) is 12.3. The summed E-state index contributed by atoms with van der Waals surface area (Å²) in [5.41, 5.74) is 0. The summed E-state index contributed by atoms with van der Waals surface area (Å²) in [6, 6.07) is 7.56. The third-order valence-corrected chi connectivity index (χ3v) is 8.39. The van der Waals surface area contributed by atoms with Gasteiger partial charge in [0.25, 0.3) is 0 Å². The van der Waals surface area contributed by atoms with Gasteiger partial charge in [0.05, 0.1) is 50.7 Å². The Morgan fingerprint density at radius 3 is 1.72 bits per heavy atom. The predicted octanol–water partition coefficient (Wildman–Crippen LogP) is 2.09. The van der Waals surface area contributed by atoms with Crippen LogP contribution in [0.3, 0.4) is 0 Å². The monoisotopic (exact) mass is 770 g/mol. The fourth-order valence-electron chi connectivity index (χ4n) is 4.47. The molecule has 39 heavy (non-hydrogen) atoms. The minimum atomic E-state index is -0.472. The predicted molar refractivity (Wildman–Crippen MR) is 166 cm³/mol. The smallest absolute Gasteiger partial charge is 0.215 e. The number of hydrogen-bond acceptors (Lipinski definition) is 10. The molecular weight excluding hydrogens is 733 g/mol. The highest BCUT2D eigenvalue weighted by atomic mass is 127. The lowest BCUT2D eigenvalue weighted by molar-refractivity contribution is 0.0984. The summed E-state index contributed by atoms with van der Waals surface area (Å²) in [7, 11) is 0. The molecule has 6 heterocycles. The summed E-state index contributed by atoms with van der Waals surface area (Å²) in [4.78, 5) is 14.8. The zero-order chi connectivity index (χ0) is 27.9. The van der Waals surface area contributed by atoms with Crippen molar-refractivity contribution in [2.45, 2.75) is 38.1 Å². The van der Waals surface area contributed by atoms with E-state index in [-0.39, 0.29) is 24.3 Å². The molecule has 4 unspecified atom stereocenters. The number of anilines is 3. The summed E-state index contributed by atoms with van der Waals surface area (Å²) < 4.78 is 25.3. The highest BCUT2D eigenvalue weighted by molar-refractivity contribution is 14.1. The summed E-state index contributed by atoms with van der Waals surface area (Å²) in [5.74, 6) is 2.11. The normalized spacial score (nSPS) is 26.4. The molecule has 0 aromatic carbocycles. The largest absolute Gasteiger partial charge is 0.389 e. The molecule has 13 heteroatoms. The van der Waals surface area contributed by atoms with Gasteiger partial charge in [-0.2, -0.15) is 4.39 Å². The topological polar surface area (TPSA) is 106 Å². The van der Waals surface area contributed by atoms with Crippen LogP contribution in [0.25, 0.3) is 0 Å². The van der Waals surface area contributed by atoms with Crippen molar-refractivity contribution in [1.29, 1.82) is 0 Å². The summed E-state index contributed by atoms with van der Waals surface area (Å²) in [5, 5.41) is 22.1. The van der Waals surface area contributed by atoms with E-state index in [1.54, 1.807) is 0 Å². The van der Waals surface area contributed by atoms with Crippen LogP contribution in [0.1, 0.15) is 13.8 Å². The van der Waals surface area contributed by atoms with Crippen molar-refractivity contribution in [1.82, 2.24) is 15.3 Å². The lowest BCUT2D eigenvalue weighted by Crippen LogP contribution is -2.59. The van der Waals surface area contributed by atoms with Crippen molar-refractivity contribution < 1.29 is 24.1 Å². The van der Waals surface area contributed by atoms with Gasteiger partial charge in [0.1, 0.15) is 17.5 Å². The SMILES string of the molecule is C1COCCN1.CC1C(O)CN1c1cc(I)cc(F)n1.CC1C(O)CN1c1cc(I)cc(N2CCOCC2)n1. The molecule has 2 aromatic rings. The van der Waals surface area contributed by atoms with Crippen LogP contribution in [0.15, 0.2) is 24.3 Å². The van der Waals surface area contributed by atoms with E-state index in [1.165, 1.54) is 9.64 Å². The number of nitrogens with zero attached hydrogens (tertiary/aromatic N) is 5. The standard InChI is InChI=1S/C13H18IN3O2.C9H10FIN2O.C4H9NO/c1-9-11(18)8-17(9)13-7-10(14)6-12(15-13)16-2-4-19-5-3-16;1-5-7(14)4-13(5)9-3-6(11)2-8(10)12-9;1-3-6-4-2-5-1/h6-7,9,11,18H,2-5,8H2,1H3;2-3,5,7,14H,4H2,1H3;5H,1-4H2. The van der Waals surface area contributed by atoms with E-state index >= 15 is 0 Å². The second kappa shape index (κ2) is 14.7. The van der Waals surface area contributed by atoms with Gasteiger partial charge < -0.3 is 39.7 Å². The van der Waals surface area contributed by atoms with Crippen LogP contribution in [0, 0.1) is 13.1 Å². The van der Waals surface area contributed by atoms with Crippen molar-refractivity contribution in [2.75, 3.05) is 80.4 Å². The number of halogens is 3. The van der Waals surface area contributed by atoms with Gasteiger partial charge in [-0.25, -0.2) is 9.97 Å². The van der Waals surface area contributed by atoms with Gasteiger partial charge in [-0.05, 0) is 77.2 Å². The quantitative estimate of drug-likeness (QED) is 0.318. The van der Waals surface area contributed by atoms with Gasteiger partial charge in [0.15, 0.2) is 0 Å². The van der Waals surface area contributed by atoms with Gasteiger partial charge in [-0.1, -0.05) is 0 Å².